The van der Waals surface area contributed by atoms with E-state index in [-0.39, 0.29) is 24.3 Å². The van der Waals surface area contributed by atoms with E-state index in [0.717, 1.165) is 18.4 Å². The first-order valence-electron chi connectivity index (χ1n) is 12.4. The van der Waals surface area contributed by atoms with Crippen LogP contribution in [-0.2, 0) is 35.6 Å². The number of fused-ring (bicyclic) bond motifs is 1. The van der Waals surface area contributed by atoms with Crippen LogP contribution in [0.1, 0.15) is 65.3 Å². The van der Waals surface area contributed by atoms with Crippen molar-refractivity contribution in [2.24, 2.45) is 5.92 Å². The molecule has 3 rings (SSSR count). The lowest BCUT2D eigenvalue weighted by Gasteiger charge is -2.12. The molecule has 0 aliphatic heterocycles. The number of aryl methyl sites for hydroxylation is 2. The summed E-state index contributed by atoms with van der Waals surface area (Å²) in [5.41, 5.74) is 1.58. The van der Waals surface area contributed by atoms with Crippen LogP contribution in [0.5, 0.6) is 0 Å². The van der Waals surface area contributed by atoms with E-state index in [1.807, 2.05) is 49.6 Å². The van der Waals surface area contributed by atoms with Gasteiger partial charge in [-0.3, -0.25) is 19.1 Å². The van der Waals surface area contributed by atoms with Crippen LogP contribution in [-0.4, -0.2) is 31.1 Å². The molecule has 1 amide bonds. The normalized spacial score (nSPS) is 11.6. The van der Waals surface area contributed by atoms with Gasteiger partial charge in [0, 0.05) is 31.6 Å². The van der Waals surface area contributed by atoms with Gasteiger partial charge in [-0.25, -0.2) is 9.78 Å². The summed E-state index contributed by atoms with van der Waals surface area (Å²) >= 11 is 0. The number of amides is 1. The molecule has 1 aromatic carbocycles. The van der Waals surface area contributed by atoms with Gasteiger partial charge in [0.2, 0.25) is 5.91 Å². The number of aromatic nitrogens is 4. The number of anilines is 1. The molecule has 0 fully saturated rings. The molecule has 0 bridgehead atoms. The first kappa shape index (κ1) is 26.4. The van der Waals surface area contributed by atoms with E-state index in [1.165, 1.54) is 4.57 Å². The zero-order chi connectivity index (χ0) is 25.5. The molecule has 3 aromatic rings. The number of carbonyl (C=O) groups is 1. The minimum atomic E-state index is -0.448. The second kappa shape index (κ2) is 12.0. The Bertz CT molecular complexity index is 1270. The molecule has 35 heavy (non-hydrogen) atoms. The van der Waals surface area contributed by atoms with Crippen molar-refractivity contribution in [3.8, 4) is 0 Å². The van der Waals surface area contributed by atoms with E-state index < -0.39 is 11.2 Å². The predicted molar refractivity (Wildman–Crippen MR) is 138 cm³/mol. The van der Waals surface area contributed by atoms with Gasteiger partial charge in [0.1, 0.15) is 5.82 Å². The Hall–Kier alpha value is -3.20. The van der Waals surface area contributed by atoms with Crippen LogP contribution in [0, 0.1) is 5.92 Å². The van der Waals surface area contributed by atoms with E-state index in [4.69, 9.17) is 4.74 Å². The number of hydrogen-bond acceptors (Lipinski definition) is 5. The third-order valence-corrected chi connectivity index (χ3v) is 5.62. The van der Waals surface area contributed by atoms with Crippen molar-refractivity contribution < 1.29 is 9.53 Å². The maximum Gasteiger partial charge on any atom is 0.330 e. The van der Waals surface area contributed by atoms with E-state index in [1.54, 1.807) is 0 Å². The number of ether oxygens (including phenoxy) is 1. The van der Waals surface area contributed by atoms with Crippen molar-refractivity contribution in [2.75, 3.05) is 5.32 Å². The van der Waals surface area contributed by atoms with Crippen LogP contribution in [0.2, 0.25) is 0 Å². The highest BCUT2D eigenvalue weighted by Crippen LogP contribution is 2.17. The molecule has 9 nitrogen and oxygen atoms in total. The smallest absolute Gasteiger partial charge is 0.330 e. The van der Waals surface area contributed by atoms with Crippen molar-refractivity contribution in [2.45, 2.75) is 86.1 Å². The topological polar surface area (TPSA) is 111 Å². The zero-order valence-electron chi connectivity index (χ0n) is 21.4. The molecule has 2 aromatic heterocycles. The quantitative estimate of drug-likeness (QED) is 0.407. The van der Waals surface area contributed by atoms with Crippen LogP contribution in [0.25, 0.3) is 11.2 Å². The molecule has 0 saturated carbocycles. The summed E-state index contributed by atoms with van der Waals surface area (Å²) in [5, 5.41) is 2.94. The predicted octanol–water partition coefficient (Wildman–Crippen LogP) is 3.84. The van der Waals surface area contributed by atoms with Gasteiger partial charge in [0.15, 0.2) is 11.2 Å². The van der Waals surface area contributed by atoms with E-state index in [9.17, 15) is 14.4 Å². The summed E-state index contributed by atoms with van der Waals surface area (Å²) in [6.07, 6.45) is 2.40. The Morgan fingerprint density at radius 1 is 1.17 bits per heavy atom. The molecule has 9 heteroatoms. The average molecular weight is 484 g/mol. The van der Waals surface area contributed by atoms with Gasteiger partial charge in [-0.05, 0) is 43.9 Å². The number of unbranched alkanes of at least 4 members (excludes halogenated alkanes) is 1. The molecule has 0 saturated heterocycles. The fourth-order valence-electron chi connectivity index (χ4n) is 3.94. The summed E-state index contributed by atoms with van der Waals surface area (Å²) in [6, 6.07) is 7.59. The van der Waals surface area contributed by atoms with Crippen LogP contribution in [0.3, 0.4) is 0 Å². The van der Waals surface area contributed by atoms with Gasteiger partial charge in [-0.1, -0.05) is 39.3 Å². The van der Waals surface area contributed by atoms with Crippen molar-refractivity contribution in [3.05, 3.63) is 56.5 Å². The fourth-order valence-corrected chi connectivity index (χ4v) is 3.94. The summed E-state index contributed by atoms with van der Waals surface area (Å²) in [4.78, 5) is 45.1. The van der Waals surface area contributed by atoms with Crippen molar-refractivity contribution in [3.63, 3.8) is 0 Å². The molecule has 0 radical (unpaired) electrons. The Morgan fingerprint density at radius 2 is 1.94 bits per heavy atom. The van der Waals surface area contributed by atoms with Gasteiger partial charge in [-0.2, -0.15) is 0 Å². The van der Waals surface area contributed by atoms with Crippen LogP contribution in [0.4, 0.5) is 5.69 Å². The molecule has 0 aliphatic carbocycles. The fraction of sp³-hybridized carbons (Fsp3) is 0.538. The summed E-state index contributed by atoms with van der Waals surface area (Å²) in [6.45, 7) is 11.7. The van der Waals surface area contributed by atoms with Crippen LogP contribution < -0.4 is 16.6 Å². The molecular weight excluding hydrogens is 446 g/mol. The number of imidazole rings is 1. The van der Waals surface area contributed by atoms with Crippen molar-refractivity contribution in [1.82, 2.24) is 19.1 Å². The second-order valence-electron chi connectivity index (χ2n) is 9.58. The van der Waals surface area contributed by atoms with E-state index in [0.29, 0.717) is 48.8 Å². The van der Waals surface area contributed by atoms with Crippen LogP contribution in [0.15, 0.2) is 33.9 Å². The molecule has 0 unspecified atom stereocenters. The summed E-state index contributed by atoms with van der Waals surface area (Å²) in [5.74, 6) is 0.739. The SMILES string of the molecule is CCCCn1c(=O)[nH]c(=O)c2c1nc(CCC(=O)Nc1cccc(COC(C)C)c1)n2CC(C)C. The summed E-state index contributed by atoms with van der Waals surface area (Å²) < 4.78 is 9.03. The molecule has 0 spiro atoms. The van der Waals surface area contributed by atoms with Gasteiger partial charge in [-0.15, -0.1) is 0 Å². The summed E-state index contributed by atoms with van der Waals surface area (Å²) in [7, 11) is 0. The Morgan fingerprint density at radius 3 is 2.63 bits per heavy atom. The maximum absolute atomic E-state index is 12.7. The average Bonchev–Trinajstić information content (AvgIpc) is 3.14. The lowest BCUT2D eigenvalue weighted by molar-refractivity contribution is -0.116. The number of rotatable bonds is 12. The zero-order valence-corrected chi connectivity index (χ0v) is 21.4. The monoisotopic (exact) mass is 483 g/mol. The first-order chi connectivity index (χ1) is 16.7. The highest BCUT2D eigenvalue weighted by atomic mass is 16.5. The minimum Gasteiger partial charge on any atom is -0.374 e. The number of hydrogen-bond donors (Lipinski definition) is 2. The largest absolute Gasteiger partial charge is 0.374 e. The highest BCUT2D eigenvalue weighted by molar-refractivity contribution is 5.90. The van der Waals surface area contributed by atoms with Crippen molar-refractivity contribution >= 4 is 22.8 Å². The van der Waals surface area contributed by atoms with Gasteiger partial charge in [0.05, 0.1) is 12.7 Å². The third-order valence-electron chi connectivity index (χ3n) is 5.62. The Kier molecular flexibility index (Phi) is 9.03. The molecule has 190 valence electrons. The lowest BCUT2D eigenvalue weighted by Crippen LogP contribution is -2.31. The standard InChI is InChI=1S/C26H37N5O4/c1-6-7-13-30-24-23(25(33)29-26(30)34)31(15-17(2)3)21(28-24)11-12-22(32)27-20-10-8-9-19(14-20)16-35-18(4)5/h8-10,14,17-18H,6-7,11-13,15-16H2,1-5H3,(H,27,32)(H,29,33,34). The second-order valence-corrected chi connectivity index (χ2v) is 9.58. The number of nitrogens with one attached hydrogen (secondary N) is 2. The molecular formula is C26H37N5O4. The Balaban J connectivity index is 1.82. The molecule has 0 atom stereocenters. The van der Waals surface area contributed by atoms with Crippen molar-refractivity contribution in [1.29, 1.82) is 0 Å². The first-order valence-corrected chi connectivity index (χ1v) is 12.4. The number of nitrogens with zero attached hydrogens (tertiary/aromatic N) is 3. The maximum atomic E-state index is 12.7. The lowest BCUT2D eigenvalue weighted by atomic mass is 10.2. The van der Waals surface area contributed by atoms with E-state index in [2.05, 4.69) is 29.1 Å². The van der Waals surface area contributed by atoms with Gasteiger partial charge < -0.3 is 14.6 Å². The molecule has 2 N–H and O–H groups in total. The van der Waals surface area contributed by atoms with Crippen LogP contribution >= 0.6 is 0 Å². The minimum absolute atomic E-state index is 0.129. The van der Waals surface area contributed by atoms with Gasteiger partial charge in [0.25, 0.3) is 5.56 Å². The number of carbonyl (C=O) groups excluding carboxylic acids is 1. The van der Waals surface area contributed by atoms with Gasteiger partial charge >= 0.3 is 5.69 Å². The molecule has 0 aliphatic rings. The highest BCUT2D eigenvalue weighted by Gasteiger charge is 2.20. The number of H-pyrrole nitrogens is 1. The van der Waals surface area contributed by atoms with E-state index >= 15 is 0 Å². The Labute approximate surface area is 205 Å². The third kappa shape index (κ3) is 6.91. The number of aromatic amines is 1. The number of benzene rings is 1. The molecule has 2 heterocycles.